The highest BCUT2D eigenvalue weighted by Crippen LogP contribution is 2.40. The second kappa shape index (κ2) is 13.8. The summed E-state index contributed by atoms with van der Waals surface area (Å²) in [5, 5.41) is 3.58. The molecule has 236 valence electrons. The van der Waals surface area contributed by atoms with Gasteiger partial charge >= 0.3 is 6.03 Å². The first-order chi connectivity index (χ1) is 21.8. The summed E-state index contributed by atoms with van der Waals surface area (Å²) in [6.45, 7) is 4.59. The van der Waals surface area contributed by atoms with Gasteiger partial charge in [0.1, 0.15) is 18.5 Å². The third kappa shape index (κ3) is 7.13. The van der Waals surface area contributed by atoms with Crippen LogP contribution in [0.2, 0.25) is 10.0 Å². The van der Waals surface area contributed by atoms with Crippen molar-refractivity contribution in [2.45, 2.75) is 18.4 Å². The highest BCUT2D eigenvalue weighted by atomic mass is 35.5. The van der Waals surface area contributed by atoms with Crippen LogP contribution in [0.25, 0.3) is 0 Å². The molecular weight excluding hydrogens is 635 g/mol. The lowest BCUT2D eigenvalue weighted by molar-refractivity contribution is -0.189. The molecule has 3 heterocycles. The van der Waals surface area contributed by atoms with Crippen molar-refractivity contribution in [2.75, 3.05) is 60.5 Å². The Balaban J connectivity index is 1.02. The summed E-state index contributed by atoms with van der Waals surface area (Å²) >= 11 is 17.0. The monoisotopic (exact) mass is 668 g/mol. The summed E-state index contributed by atoms with van der Waals surface area (Å²) < 4.78 is 22.1. The van der Waals surface area contributed by atoms with Crippen LogP contribution in [0.15, 0.2) is 85.5 Å². The number of ether oxygens (including phenoxy) is 3. The zero-order valence-electron chi connectivity index (χ0n) is 24.7. The van der Waals surface area contributed by atoms with Crippen molar-refractivity contribution in [2.24, 2.45) is 0 Å². The maximum absolute atomic E-state index is 11.8. The van der Waals surface area contributed by atoms with Crippen molar-refractivity contribution in [1.82, 2.24) is 14.9 Å². The van der Waals surface area contributed by atoms with E-state index in [1.54, 1.807) is 31.7 Å². The van der Waals surface area contributed by atoms with E-state index in [-0.39, 0.29) is 12.1 Å². The first-order valence-electron chi connectivity index (χ1n) is 14.6. The van der Waals surface area contributed by atoms with Crippen LogP contribution in [0.1, 0.15) is 5.56 Å². The van der Waals surface area contributed by atoms with Gasteiger partial charge in [0.2, 0.25) is 5.79 Å². The zero-order chi connectivity index (χ0) is 31.4. The molecule has 0 saturated carbocycles. The number of nitrogens with one attached hydrogen (secondary N) is 1. The van der Waals surface area contributed by atoms with E-state index < -0.39 is 5.79 Å². The maximum Gasteiger partial charge on any atom is 0.331 e. The van der Waals surface area contributed by atoms with Gasteiger partial charge in [-0.1, -0.05) is 42.1 Å². The highest BCUT2D eigenvalue weighted by Gasteiger charge is 2.45. The van der Waals surface area contributed by atoms with E-state index in [0.29, 0.717) is 41.1 Å². The Bertz CT molecular complexity index is 1590. The van der Waals surface area contributed by atoms with Gasteiger partial charge in [0, 0.05) is 67.6 Å². The van der Waals surface area contributed by atoms with Gasteiger partial charge in [0.05, 0.1) is 30.2 Å². The van der Waals surface area contributed by atoms with Crippen LogP contribution in [-0.2, 0) is 21.8 Å². The van der Waals surface area contributed by atoms with Crippen molar-refractivity contribution in [3.05, 3.63) is 101 Å². The number of rotatable bonds is 9. The summed E-state index contributed by atoms with van der Waals surface area (Å²) in [5.74, 6) is -0.337. The Kier molecular flexibility index (Phi) is 9.62. The molecule has 6 rings (SSSR count). The molecule has 2 aliphatic rings. The third-order valence-electron chi connectivity index (χ3n) is 7.93. The van der Waals surface area contributed by atoms with Crippen LogP contribution in [-0.4, -0.2) is 68.1 Å². The first-order valence-corrected chi connectivity index (χ1v) is 15.8. The molecule has 13 heteroatoms. The van der Waals surface area contributed by atoms with Gasteiger partial charge in [-0.2, -0.15) is 0 Å². The molecule has 1 N–H and O–H groups in total. The Morgan fingerprint density at radius 3 is 2.31 bits per heavy atom. The fourth-order valence-corrected chi connectivity index (χ4v) is 6.35. The number of carbonyl (C=O) groups is 1. The third-order valence-corrected chi connectivity index (χ3v) is 8.89. The predicted octanol–water partition coefficient (Wildman–Crippen LogP) is 5.85. The lowest BCUT2D eigenvalue weighted by atomic mass is 10.1. The average molecular weight is 670 g/mol. The fourth-order valence-electron chi connectivity index (χ4n) is 5.57. The van der Waals surface area contributed by atoms with Crippen molar-refractivity contribution in [3.63, 3.8) is 0 Å². The predicted molar refractivity (Wildman–Crippen MR) is 180 cm³/mol. The topological polar surface area (TPSA) is 84.3 Å². The molecule has 3 aromatic carbocycles. The Labute approximate surface area is 277 Å². The average Bonchev–Trinajstić information content (AvgIpc) is 3.74. The second-order valence-corrected chi connectivity index (χ2v) is 12.1. The number of thiol groups is 1. The van der Waals surface area contributed by atoms with Crippen LogP contribution >= 0.6 is 36.0 Å². The molecule has 1 aromatic heterocycles. The van der Waals surface area contributed by atoms with E-state index in [1.165, 1.54) is 4.31 Å². The van der Waals surface area contributed by atoms with Crippen molar-refractivity contribution < 1.29 is 19.0 Å². The molecule has 2 aliphatic heterocycles. The van der Waals surface area contributed by atoms with Gasteiger partial charge in [-0.3, -0.25) is 0 Å². The summed E-state index contributed by atoms with van der Waals surface area (Å²) in [6, 6.07) is 21.0. The van der Waals surface area contributed by atoms with Crippen molar-refractivity contribution in [3.8, 4) is 5.75 Å². The number of benzene rings is 3. The molecule has 0 spiro atoms. The van der Waals surface area contributed by atoms with E-state index in [0.717, 1.165) is 43.3 Å². The molecule has 10 nitrogen and oxygen atoms in total. The number of imidazole rings is 1. The largest absolute Gasteiger partial charge is 0.491 e. The minimum atomic E-state index is -1.09. The van der Waals surface area contributed by atoms with Crippen LogP contribution in [0, 0.1) is 0 Å². The van der Waals surface area contributed by atoms with Gasteiger partial charge in [-0.15, -0.1) is 0 Å². The number of hydrogen-bond acceptors (Lipinski definition) is 8. The van der Waals surface area contributed by atoms with Crippen LogP contribution in [0.5, 0.6) is 5.75 Å². The standard InChI is InChI=1S/C32H34Cl2N6O4S/c1-35-31(41)40(45)26-5-3-24(4-6-26)38-14-16-39(17-15-38)25-7-9-27(10-8-25)42-19-28-20-43-32(44-28,21-37-13-12-36-22-37)29-11-2-23(33)18-30(29)34/h2-13,18,22,28,45H,14-17,19-21H2,1H3,(H,35,41). The van der Waals surface area contributed by atoms with E-state index >= 15 is 0 Å². The molecule has 2 saturated heterocycles. The first kappa shape index (κ1) is 31.4. The number of anilines is 3. The molecule has 4 aromatic rings. The normalized spacial score (nSPS) is 19.9. The molecule has 2 fully saturated rings. The second-order valence-electron chi connectivity index (χ2n) is 10.8. The van der Waals surface area contributed by atoms with Gasteiger partial charge in [0.25, 0.3) is 0 Å². The smallest absolute Gasteiger partial charge is 0.331 e. The molecule has 2 amide bonds. The highest BCUT2D eigenvalue weighted by molar-refractivity contribution is 7.82. The Morgan fingerprint density at radius 1 is 1.04 bits per heavy atom. The molecule has 45 heavy (non-hydrogen) atoms. The van der Waals surface area contributed by atoms with E-state index in [1.807, 2.05) is 53.2 Å². The van der Waals surface area contributed by atoms with E-state index in [9.17, 15) is 4.79 Å². The maximum atomic E-state index is 11.8. The van der Waals surface area contributed by atoms with Gasteiger partial charge in [-0.05, 0) is 60.7 Å². The van der Waals surface area contributed by atoms with Crippen LogP contribution < -0.4 is 24.2 Å². The lowest BCUT2D eigenvalue weighted by Gasteiger charge is -2.37. The van der Waals surface area contributed by atoms with Gasteiger partial charge < -0.3 is 33.9 Å². The summed E-state index contributed by atoms with van der Waals surface area (Å²) in [5.41, 5.74) is 3.68. The van der Waals surface area contributed by atoms with Gasteiger partial charge in [0.15, 0.2) is 0 Å². The molecule has 2 unspecified atom stereocenters. The molecule has 0 aliphatic carbocycles. The minimum absolute atomic E-state index is 0.278. The van der Waals surface area contributed by atoms with Crippen molar-refractivity contribution in [1.29, 1.82) is 0 Å². The SMILES string of the molecule is CNC(=O)N(S)c1ccc(N2CCN(c3ccc(OCC4COC(Cn5ccnc5)(c5ccc(Cl)cc5Cl)O4)cc3)CC2)cc1. The number of amides is 2. The number of aromatic nitrogens is 2. The van der Waals surface area contributed by atoms with Crippen LogP contribution in [0.4, 0.5) is 21.9 Å². The Morgan fingerprint density at radius 2 is 1.71 bits per heavy atom. The number of nitrogens with zero attached hydrogens (tertiary/aromatic N) is 5. The Hall–Kier alpha value is -3.61. The quantitative estimate of drug-likeness (QED) is 0.216. The number of carbonyl (C=O) groups excluding carboxylic acids is 1. The number of urea groups is 1. The fraction of sp³-hybridized carbons (Fsp3) is 0.312. The number of piperazine rings is 1. The number of halogens is 2. The summed E-state index contributed by atoms with van der Waals surface area (Å²) in [7, 11) is 1.58. The lowest BCUT2D eigenvalue weighted by Crippen LogP contribution is -2.46. The van der Waals surface area contributed by atoms with Crippen molar-refractivity contribution >= 4 is 59.1 Å². The summed E-state index contributed by atoms with van der Waals surface area (Å²) in [4.78, 5) is 20.7. The molecular formula is C32H34Cl2N6O4S. The van der Waals surface area contributed by atoms with E-state index in [4.69, 9.17) is 37.4 Å². The molecule has 2 atom stereocenters. The summed E-state index contributed by atoms with van der Waals surface area (Å²) in [6.07, 6.45) is 4.98. The number of hydrogen-bond donors (Lipinski definition) is 2. The molecule has 0 radical (unpaired) electrons. The minimum Gasteiger partial charge on any atom is -0.491 e. The molecule has 0 bridgehead atoms. The van der Waals surface area contributed by atoms with Gasteiger partial charge in [-0.25, -0.2) is 14.1 Å². The zero-order valence-corrected chi connectivity index (χ0v) is 27.1. The van der Waals surface area contributed by atoms with E-state index in [2.05, 4.69) is 45.0 Å². The van der Waals surface area contributed by atoms with Crippen LogP contribution in [0.3, 0.4) is 0 Å².